The van der Waals surface area contributed by atoms with Crippen molar-refractivity contribution in [3.63, 3.8) is 0 Å². The van der Waals surface area contributed by atoms with Crippen LogP contribution in [0.15, 0.2) is 78.9 Å². The number of carbonyl (C=O) groups is 1. The summed E-state index contributed by atoms with van der Waals surface area (Å²) in [7, 11) is 0. The number of hydrogen-bond donors (Lipinski definition) is 0. The third-order valence-electron chi connectivity index (χ3n) is 10.3. The molecule has 6 atom stereocenters. The number of aryl methyl sites for hydroxylation is 1. The molecule has 0 amide bonds. The maximum Gasteiger partial charge on any atom is 0.305 e. The lowest BCUT2D eigenvalue weighted by Crippen LogP contribution is -2.48. The molecule has 6 rings (SSSR count). The molecule has 0 heterocycles. The lowest BCUT2D eigenvalue weighted by molar-refractivity contribution is -0.144. The molecule has 3 aliphatic rings. The molecule has 2 fully saturated rings. The number of carbonyl (C=O) groups excluding carboxylic acids is 1. The third kappa shape index (κ3) is 5.95. The average Bonchev–Trinajstić information content (AvgIpc) is 3.34. The monoisotopic (exact) mass is 552 g/mol. The number of benzene rings is 3. The highest BCUT2D eigenvalue weighted by Crippen LogP contribution is 2.64. The van der Waals surface area contributed by atoms with Gasteiger partial charge in [0.2, 0.25) is 0 Å². The lowest BCUT2D eigenvalue weighted by atomic mass is 9.51. The molecule has 0 N–H and O–H groups in total. The van der Waals surface area contributed by atoms with Crippen LogP contribution in [0.4, 0.5) is 0 Å². The van der Waals surface area contributed by atoms with Crippen LogP contribution in [0.25, 0.3) is 0 Å². The summed E-state index contributed by atoms with van der Waals surface area (Å²) < 4.78 is 18.3. The quantitative estimate of drug-likeness (QED) is 0.237. The second-order valence-electron chi connectivity index (χ2n) is 12.6. The van der Waals surface area contributed by atoms with Gasteiger partial charge in [-0.3, -0.25) is 4.79 Å². The molecule has 41 heavy (non-hydrogen) atoms. The van der Waals surface area contributed by atoms with E-state index in [1.807, 2.05) is 13.0 Å². The Balaban J connectivity index is 1.23. The Labute approximate surface area is 245 Å². The number of esters is 1. The van der Waals surface area contributed by atoms with Crippen LogP contribution in [0.2, 0.25) is 0 Å². The Morgan fingerprint density at radius 1 is 0.902 bits per heavy atom. The van der Waals surface area contributed by atoms with E-state index in [2.05, 4.69) is 79.7 Å². The van der Waals surface area contributed by atoms with Crippen molar-refractivity contribution < 1.29 is 19.0 Å². The molecule has 216 valence electrons. The molecule has 4 nitrogen and oxygen atoms in total. The fourth-order valence-corrected chi connectivity index (χ4v) is 8.51. The van der Waals surface area contributed by atoms with Gasteiger partial charge in [0.1, 0.15) is 12.4 Å². The van der Waals surface area contributed by atoms with Gasteiger partial charge in [0.15, 0.2) is 0 Å². The Hall–Kier alpha value is -3.11. The summed E-state index contributed by atoms with van der Waals surface area (Å²) in [6.07, 6.45) is 7.37. The number of ether oxygens (including phenoxy) is 3. The van der Waals surface area contributed by atoms with Crippen LogP contribution in [0.5, 0.6) is 5.75 Å². The highest BCUT2D eigenvalue weighted by molar-refractivity contribution is 5.69. The molecular weight excluding hydrogens is 508 g/mol. The second-order valence-corrected chi connectivity index (χ2v) is 12.6. The van der Waals surface area contributed by atoms with Crippen LogP contribution < -0.4 is 4.74 Å². The average molecular weight is 553 g/mol. The van der Waals surface area contributed by atoms with E-state index in [-0.39, 0.29) is 17.5 Å². The molecule has 3 aliphatic carbocycles. The molecule has 3 aromatic carbocycles. The Kier molecular flexibility index (Phi) is 8.48. The van der Waals surface area contributed by atoms with Crippen molar-refractivity contribution in [3.8, 4) is 5.75 Å². The predicted octanol–water partition coefficient (Wildman–Crippen LogP) is 8.28. The van der Waals surface area contributed by atoms with Gasteiger partial charge in [-0.1, -0.05) is 73.7 Å². The third-order valence-corrected chi connectivity index (χ3v) is 10.3. The summed E-state index contributed by atoms with van der Waals surface area (Å²) >= 11 is 0. The fourth-order valence-electron chi connectivity index (χ4n) is 8.51. The van der Waals surface area contributed by atoms with Crippen LogP contribution >= 0.6 is 0 Å². The number of hydrogen-bond acceptors (Lipinski definition) is 4. The van der Waals surface area contributed by atoms with Crippen molar-refractivity contribution in [1.82, 2.24) is 0 Å². The highest BCUT2D eigenvalue weighted by atomic mass is 16.5. The van der Waals surface area contributed by atoms with Crippen LogP contribution in [0.1, 0.15) is 80.5 Å². The van der Waals surface area contributed by atoms with Crippen molar-refractivity contribution in [2.24, 2.45) is 23.2 Å². The molecule has 2 saturated carbocycles. The van der Waals surface area contributed by atoms with Gasteiger partial charge in [0, 0.05) is 6.42 Å². The van der Waals surface area contributed by atoms with E-state index < -0.39 is 0 Å². The van der Waals surface area contributed by atoms with Gasteiger partial charge in [0.25, 0.3) is 0 Å². The van der Waals surface area contributed by atoms with Gasteiger partial charge in [-0.15, -0.1) is 0 Å². The van der Waals surface area contributed by atoms with Gasteiger partial charge in [0.05, 0.1) is 19.3 Å². The van der Waals surface area contributed by atoms with Crippen molar-refractivity contribution in [2.75, 3.05) is 6.61 Å². The van der Waals surface area contributed by atoms with E-state index in [0.29, 0.717) is 49.9 Å². The van der Waals surface area contributed by atoms with Gasteiger partial charge in [-0.2, -0.15) is 0 Å². The first-order valence-electron chi connectivity index (χ1n) is 15.7. The molecule has 0 aromatic heterocycles. The highest BCUT2D eigenvalue weighted by Gasteiger charge is 2.58. The molecule has 0 radical (unpaired) electrons. The summed E-state index contributed by atoms with van der Waals surface area (Å²) in [6.45, 7) is 6.08. The van der Waals surface area contributed by atoms with Gasteiger partial charge < -0.3 is 14.2 Å². The summed E-state index contributed by atoms with van der Waals surface area (Å²) in [5.41, 5.74) is 5.46. The predicted molar refractivity (Wildman–Crippen MR) is 162 cm³/mol. The molecule has 3 aromatic rings. The molecule has 1 unspecified atom stereocenters. The fraction of sp³-hybridized carbons (Fsp3) is 0.486. The lowest BCUT2D eigenvalue weighted by Gasteiger charge is -2.54. The van der Waals surface area contributed by atoms with E-state index in [1.54, 1.807) is 0 Å². The summed E-state index contributed by atoms with van der Waals surface area (Å²) in [4.78, 5) is 12.5. The Morgan fingerprint density at radius 2 is 1.63 bits per heavy atom. The first-order valence-corrected chi connectivity index (χ1v) is 15.7. The van der Waals surface area contributed by atoms with Crippen LogP contribution in [0, 0.1) is 23.2 Å². The standard InChI is InChI=1S/C37H44O4/c1-3-39-35(38)21-15-29-23-37(2)33(19-20-34(37)41-25-27-12-8-5-9-13-27)32-17-14-28-22-30(16-18-31(28)36(29)32)40-24-26-10-6-4-7-11-26/h4-13,16,18,22,29,32-34,36H,3,14-15,17,19-21,23-25H2,1-2H3/t29-,32-,33-,34?,36+,37-/m0/s1. The zero-order valence-corrected chi connectivity index (χ0v) is 24.6. The molecule has 0 bridgehead atoms. The van der Waals surface area contributed by atoms with E-state index in [4.69, 9.17) is 14.2 Å². The van der Waals surface area contributed by atoms with Crippen molar-refractivity contribution >= 4 is 5.97 Å². The smallest absolute Gasteiger partial charge is 0.305 e. The summed E-state index contributed by atoms with van der Waals surface area (Å²) in [5, 5.41) is 0. The normalized spacial score (nSPS) is 28.3. The zero-order chi connectivity index (χ0) is 28.2. The number of fused-ring (bicyclic) bond motifs is 5. The zero-order valence-electron chi connectivity index (χ0n) is 24.6. The van der Waals surface area contributed by atoms with E-state index in [9.17, 15) is 4.79 Å². The molecular formula is C37H44O4. The molecule has 4 heteroatoms. The van der Waals surface area contributed by atoms with E-state index in [1.165, 1.54) is 35.1 Å². The summed E-state index contributed by atoms with van der Waals surface area (Å²) in [5.74, 6) is 3.05. The Bertz CT molecular complexity index is 1310. The maximum atomic E-state index is 12.5. The topological polar surface area (TPSA) is 44.8 Å². The minimum absolute atomic E-state index is 0.0691. The van der Waals surface area contributed by atoms with Gasteiger partial charge in [-0.25, -0.2) is 0 Å². The van der Waals surface area contributed by atoms with E-state index >= 15 is 0 Å². The van der Waals surface area contributed by atoms with Crippen LogP contribution in [-0.4, -0.2) is 18.7 Å². The Morgan fingerprint density at radius 3 is 2.37 bits per heavy atom. The molecule has 0 saturated heterocycles. The largest absolute Gasteiger partial charge is 0.489 e. The van der Waals surface area contributed by atoms with Gasteiger partial charge in [-0.05, 0) is 109 Å². The first kappa shape index (κ1) is 28.0. The van der Waals surface area contributed by atoms with Crippen LogP contribution in [0.3, 0.4) is 0 Å². The van der Waals surface area contributed by atoms with E-state index in [0.717, 1.165) is 31.4 Å². The number of rotatable bonds is 10. The SMILES string of the molecule is CCOC(=O)CC[C@H]1C[C@]2(C)C(OCc3ccccc3)CC[C@H]2[C@@H]2CCc3cc(OCc4ccccc4)ccc3[C@@H]12. The maximum absolute atomic E-state index is 12.5. The minimum atomic E-state index is -0.0691. The van der Waals surface area contributed by atoms with Crippen molar-refractivity contribution in [1.29, 1.82) is 0 Å². The molecule has 0 aliphatic heterocycles. The van der Waals surface area contributed by atoms with Crippen molar-refractivity contribution in [2.45, 2.75) is 84.0 Å². The first-order chi connectivity index (χ1) is 20.0. The second kappa shape index (κ2) is 12.4. The van der Waals surface area contributed by atoms with Crippen LogP contribution in [-0.2, 0) is 33.9 Å². The molecule has 0 spiro atoms. The summed E-state index contributed by atoms with van der Waals surface area (Å²) in [6, 6.07) is 27.7. The van der Waals surface area contributed by atoms with Gasteiger partial charge >= 0.3 is 5.97 Å². The minimum Gasteiger partial charge on any atom is -0.489 e. The van der Waals surface area contributed by atoms with Crippen molar-refractivity contribution in [3.05, 3.63) is 101 Å².